The number of para-hydroxylation sites is 1. The van der Waals surface area contributed by atoms with E-state index in [0.717, 1.165) is 11.4 Å². The molecule has 176 valence electrons. The van der Waals surface area contributed by atoms with Crippen LogP contribution in [0.25, 0.3) is 0 Å². The molecule has 1 aliphatic carbocycles. The lowest BCUT2D eigenvalue weighted by Gasteiger charge is -2.43. The average molecular weight is 460 g/mol. The summed E-state index contributed by atoms with van der Waals surface area (Å²) in [5, 5.41) is 10.3. The van der Waals surface area contributed by atoms with Crippen molar-refractivity contribution in [3.05, 3.63) is 70.7 Å². The van der Waals surface area contributed by atoms with Gasteiger partial charge in [0.1, 0.15) is 5.82 Å². The Balaban J connectivity index is 2.02. The largest absolute Gasteiger partial charge is 0.493 e. The number of benzene rings is 2. The fraction of sp³-hybridized carbons (Fsp3) is 0.333. The van der Waals surface area contributed by atoms with Gasteiger partial charge in [0.15, 0.2) is 17.3 Å². The standard InChI is InChI=1S/C27H29N3O4/c1-27(2)13-19-24(20(31)14-27)23(16-11-21(32-3)25(34-5)22(12-16)33-4)18(15-28)26(29)30(19)17-9-7-6-8-10-17/h6-12,23H,13-14,29H2,1-5H3/t23-/m0/s1. The van der Waals surface area contributed by atoms with Crippen molar-refractivity contribution in [3.8, 4) is 23.3 Å². The first kappa shape index (κ1) is 23.2. The summed E-state index contributed by atoms with van der Waals surface area (Å²) in [5.41, 5.74) is 9.65. The molecule has 1 heterocycles. The van der Waals surface area contributed by atoms with E-state index in [2.05, 4.69) is 19.9 Å². The van der Waals surface area contributed by atoms with E-state index in [-0.39, 0.29) is 11.2 Å². The molecule has 2 aromatic rings. The van der Waals surface area contributed by atoms with Crippen LogP contribution in [0.5, 0.6) is 17.2 Å². The fourth-order valence-corrected chi connectivity index (χ4v) is 4.98. The summed E-state index contributed by atoms with van der Waals surface area (Å²) in [6.45, 7) is 4.15. The molecule has 0 unspecified atom stereocenters. The lowest BCUT2D eigenvalue weighted by atomic mass is 9.68. The second-order valence-electron chi connectivity index (χ2n) is 9.27. The minimum Gasteiger partial charge on any atom is -0.493 e. The zero-order valence-corrected chi connectivity index (χ0v) is 20.1. The Hall–Kier alpha value is -3.92. The first-order chi connectivity index (χ1) is 16.3. The van der Waals surface area contributed by atoms with Crippen molar-refractivity contribution in [2.45, 2.75) is 32.6 Å². The molecule has 1 atom stereocenters. The van der Waals surface area contributed by atoms with Crippen LogP contribution in [0.4, 0.5) is 5.69 Å². The molecule has 2 aliphatic rings. The lowest BCUT2D eigenvalue weighted by molar-refractivity contribution is -0.118. The van der Waals surface area contributed by atoms with E-state index in [0.29, 0.717) is 52.6 Å². The highest BCUT2D eigenvalue weighted by Crippen LogP contribution is 2.52. The van der Waals surface area contributed by atoms with Gasteiger partial charge in [0.25, 0.3) is 0 Å². The quantitative estimate of drug-likeness (QED) is 0.695. The van der Waals surface area contributed by atoms with Crippen LogP contribution in [-0.4, -0.2) is 27.1 Å². The second kappa shape index (κ2) is 8.79. The third-order valence-electron chi connectivity index (χ3n) is 6.42. The Morgan fingerprint density at radius 2 is 1.65 bits per heavy atom. The normalized spacial score (nSPS) is 19.5. The molecule has 0 amide bonds. The number of carbonyl (C=O) groups is 1. The van der Waals surface area contributed by atoms with Crippen molar-refractivity contribution in [1.82, 2.24) is 0 Å². The molecule has 7 nitrogen and oxygen atoms in total. The van der Waals surface area contributed by atoms with Gasteiger partial charge in [-0.1, -0.05) is 32.0 Å². The maximum Gasteiger partial charge on any atom is 0.203 e. The maximum absolute atomic E-state index is 13.7. The third kappa shape index (κ3) is 3.75. The van der Waals surface area contributed by atoms with Gasteiger partial charge in [-0.05, 0) is 41.7 Å². The molecule has 2 N–H and O–H groups in total. The number of hydrogen-bond donors (Lipinski definition) is 1. The van der Waals surface area contributed by atoms with Gasteiger partial charge >= 0.3 is 0 Å². The summed E-state index contributed by atoms with van der Waals surface area (Å²) >= 11 is 0. The van der Waals surface area contributed by atoms with Crippen molar-refractivity contribution < 1.29 is 19.0 Å². The molecule has 0 fully saturated rings. The minimum atomic E-state index is -0.641. The monoisotopic (exact) mass is 459 g/mol. The number of ether oxygens (including phenoxy) is 3. The summed E-state index contributed by atoms with van der Waals surface area (Å²) in [4.78, 5) is 15.5. The van der Waals surface area contributed by atoms with Crippen LogP contribution in [-0.2, 0) is 4.79 Å². The molecule has 0 aromatic heterocycles. The first-order valence-corrected chi connectivity index (χ1v) is 11.1. The van der Waals surface area contributed by atoms with Gasteiger partial charge in [0.2, 0.25) is 5.75 Å². The number of carbonyl (C=O) groups excluding carboxylic acids is 1. The number of hydrogen-bond acceptors (Lipinski definition) is 7. The minimum absolute atomic E-state index is 0.00572. The number of anilines is 1. The highest BCUT2D eigenvalue weighted by atomic mass is 16.5. The maximum atomic E-state index is 13.7. The number of rotatable bonds is 5. The number of ketones is 1. The van der Waals surface area contributed by atoms with Crippen molar-refractivity contribution in [2.24, 2.45) is 11.1 Å². The van der Waals surface area contributed by atoms with Gasteiger partial charge in [-0.2, -0.15) is 5.26 Å². The fourth-order valence-electron chi connectivity index (χ4n) is 4.98. The molecule has 34 heavy (non-hydrogen) atoms. The summed E-state index contributed by atoms with van der Waals surface area (Å²) < 4.78 is 16.6. The van der Waals surface area contributed by atoms with Crippen molar-refractivity contribution in [3.63, 3.8) is 0 Å². The van der Waals surface area contributed by atoms with Crippen molar-refractivity contribution >= 4 is 11.5 Å². The van der Waals surface area contributed by atoms with E-state index >= 15 is 0 Å². The van der Waals surface area contributed by atoms with E-state index < -0.39 is 5.92 Å². The average Bonchev–Trinajstić information content (AvgIpc) is 2.82. The van der Waals surface area contributed by atoms with E-state index in [1.165, 1.54) is 21.3 Å². The van der Waals surface area contributed by atoms with E-state index in [9.17, 15) is 10.1 Å². The predicted octanol–water partition coefficient (Wildman–Crippen LogP) is 4.65. The Morgan fingerprint density at radius 3 is 2.18 bits per heavy atom. The van der Waals surface area contributed by atoms with Gasteiger partial charge in [0.05, 0.1) is 38.9 Å². The van der Waals surface area contributed by atoms with Crippen LogP contribution < -0.4 is 24.8 Å². The Labute approximate surface area is 200 Å². The zero-order chi connectivity index (χ0) is 24.6. The molecule has 4 rings (SSSR count). The SMILES string of the molecule is COc1cc([C@H]2C(C#N)=C(N)N(c3ccccc3)C3=C2C(=O)CC(C)(C)C3)cc(OC)c1OC. The van der Waals surface area contributed by atoms with Crippen LogP contribution in [0.3, 0.4) is 0 Å². The zero-order valence-electron chi connectivity index (χ0n) is 20.1. The third-order valence-corrected chi connectivity index (χ3v) is 6.42. The van der Waals surface area contributed by atoms with Gasteiger partial charge in [-0.15, -0.1) is 0 Å². The topological polar surface area (TPSA) is 97.8 Å². The Bertz CT molecular complexity index is 1210. The van der Waals surface area contributed by atoms with E-state index in [1.807, 2.05) is 35.2 Å². The number of nitrogens with two attached hydrogens (primary N) is 1. The molecule has 0 radical (unpaired) electrons. The Kier molecular flexibility index (Phi) is 6.01. The number of Topliss-reactive ketones (excluding diaryl/α,β-unsaturated/α-hetero) is 1. The molecule has 1 aliphatic heterocycles. The molecule has 0 bridgehead atoms. The van der Waals surface area contributed by atoms with Crippen LogP contribution in [0, 0.1) is 16.7 Å². The van der Waals surface area contributed by atoms with E-state index in [4.69, 9.17) is 19.9 Å². The number of methoxy groups -OCH3 is 3. The Morgan fingerprint density at radius 1 is 1.03 bits per heavy atom. The predicted molar refractivity (Wildman–Crippen MR) is 130 cm³/mol. The molecular weight excluding hydrogens is 430 g/mol. The number of nitriles is 1. The summed E-state index contributed by atoms with van der Waals surface area (Å²) in [7, 11) is 4.60. The molecule has 2 aromatic carbocycles. The molecule has 0 saturated heterocycles. The number of nitrogens with zero attached hydrogens (tertiary/aromatic N) is 2. The second-order valence-corrected chi connectivity index (χ2v) is 9.27. The van der Waals surface area contributed by atoms with Crippen molar-refractivity contribution in [2.75, 3.05) is 26.2 Å². The van der Waals surface area contributed by atoms with Crippen LogP contribution in [0.1, 0.15) is 38.2 Å². The number of allylic oxidation sites excluding steroid dienone is 3. The van der Waals surface area contributed by atoms with Gasteiger partial charge < -0.3 is 19.9 Å². The van der Waals surface area contributed by atoms with Crippen LogP contribution >= 0.6 is 0 Å². The van der Waals surface area contributed by atoms with E-state index in [1.54, 1.807) is 12.1 Å². The van der Waals surface area contributed by atoms with Crippen molar-refractivity contribution in [1.29, 1.82) is 5.26 Å². The summed E-state index contributed by atoms with van der Waals surface area (Å²) in [6.07, 6.45) is 1.03. The molecule has 0 saturated carbocycles. The van der Waals surface area contributed by atoms with Gasteiger partial charge in [-0.25, -0.2) is 0 Å². The van der Waals surface area contributed by atoms with Gasteiger partial charge in [-0.3, -0.25) is 9.69 Å². The summed E-state index contributed by atoms with van der Waals surface area (Å²) in [5.74, 6) is 1.02. The summed E-state index contributed by atoms with van der Waals surface area (Å²) in [6, 6.07) is 15.5. The lowest BCUT2D eigenvalue weighted by Crippen LogP contribution is -2.42. The molecule has 7 heteroatoms. The van der Waals surface area contributed by atoms with Crippen LogP contribution in [0.2, 0.25) is 0 Å². The smallest absolute Gasteiger partial charge is 0.203 e. The van der Waals surface area contributed by atoms with Gasteiger partial charge in [0, 0.05) is 23.4 Å². The molecular formula is C27H29N3O4. The highest BCUT2D eigenvalue weighted by Gasteiger charge is 2.45. The van der Waals surface area contributed by atoms with Crippen LogP contribution in [0.15, 0.2) is 65.1 Å². The first-order valence-electron chi connectivity index (χ1n) is 11.1. The highest BCUT2D eigenvalue weighted by molar-refractivity contribution is 6.01. The molecule has 0 spiro atoms.